The van der Waals surface area contributed by atoms with Crippen molar-refractivity contribution in [2.24, 2.45) is 0 Å². The highest BCUT2D eigenvalue weighted by Crippen LogP contribution is 2.17. The largest absolute Gasteiger partial charge is 0.469 e. The minimum atomic E-state index is -0.198. The van der Waals surface area contributed by atoms with Gasteiger partial charge in [-0.25, -0.2) is 0 Å². The minimum absolute atomic E-state index is 0.198. The molecule has 0 saturated heterocycles. The average molecular weight is 208 g/mol. The van der Waals surface area contributed by atoms with Gasteiger partial charge in [-0.05, 0) is 24.8 Å². The van der Waals surface area contributed by atoms with E-state index in [4.69, 9.17) is 0 Å². The zero-order valence-corrected chi connectivity index (χ0v) is 8.99. The molecule has 0 saturated carbocycles. The molecule has 0 unspecified atom stereocenters. The fourth-order valence-corrected chi connectivity index (χ4v) is 1.48. The van der Waals surface area contributed by atoms with Crippen molar-refractivity contribution in [2.45, 2.75) is 32.1 Å². The van der Waals surface area contributed by atoms with Crippen molar-refractivity contribution in [3.05, 3.63) is 23.8 Å². The standard InChI is InChI=1S/C12H16O3/c1-15-12(14)9-4-2-3-6-10-7-5-8-11(10)13/h2-3,7H,4-6,8-9H2,1H3. The van der Waals surface area contributed by atoms with Gasteiger partial charge in [-0.2, -0.15) is 0 Å². The van der Waals surface area contributed by atoms with Crippen LogP contribution in [0.25, 0.3) is 0 Å². The van der Waals surface area contributed by atoms with Gasteiger partial charge >= 0.3 is 5.97 Å². The molecule has 0 radical (unpaired) electrons. The number of methoxy groups -OCH3 is 1. The average Bonchev–Trinajstić information content (AvgIpc) is 2.63. The Morgan fingerprint density at radius 1 is 1.53 bits per heavy atom. The van der Waals surface area contributed by atoms with Crippen LogP contribution in [0, 0.1) is 0 Å². The topological polar surface area (TPSA) is 43.4 Å². The van der Waals surface area contributed by atoms with E-state index in [0.29, 0.717) is 25.7 Å². The van der Waals surface area contributed by atoms with Crippen LogP contribution in [-0.4, -0.2) is 18.9 Å². The first-order chi connectivity index (χ1) is 7.24. The van der Waals surface area contributed by atoms with Crippen molar-refractivity contribution in [1.82, 2.24) is 0 Å². The predicted molar refractivity (Wildman–Crippen MR) is 57.3 cm³/mol. The SMILES string of the molecule is COC(=O)CCC=CCC1=CCCC1=O. The van der Waals surface area contributed by atoms with Crippen molar-refractivity contribution in [2.75, 3.05) is 7.11 Å². The van der Waals surface area contributed by atoms with E-state index in [2.05, 4.69) is 4.74 Å². The quantitative estimate of drug-likeness (QED) is 0.513. The maximum absolute atomic E-state index is 11.2. The van der Waals surface area contributed by atoms with E-state index in [0.717, 1.165) is 12.0 Å². The number of carbonyl (C=O) groups is 2. The number of hydrogen-bond donors (Lipinski definition) is 0. The lowest BCUT2D eigenvalue weighted by molar-refractivity contribution is -0.140. The van der Waals surface area contributed by atoms with Crippen molar-refractivity contribution in [3.8, 4) is 0 Å². The number of ketones is 1. The second-order valence-corrected chi connectivity index (χ2v) is 3.48. The first-order valence-electron chi connectivity index (χ1n) is 5.18. The zero-order valence-electron chi connectivity index (χ0n) is 8.99. The van der Waals surface area contributed by atoms with E-state index in [1.807, 2.05) is 18.2 Å². The highest BCUT2D eigenvalue weighted by molar-refractivity contribution is 5.97. The Kier molecular flexibility index (Phi) is 4.81. The Labute approximate surface area is 89.8 Å². The first-order valence-corrected chi connectivity index (χ1v) is 5.18. The molecule has 1 aliphatic rings. The van der Waals surface area contributed by atoms with Crippen LogP contribution in [0.2, 0.25) is 0 Å². The number of esters is 1. The molecule has 0 heterocycles. The Bertz CT molecular complexity index is 300. The number of allylic oxidation sites excluding steroid dienone is 4. The van der Waals surface area contributed by atoms with E-state index in [1.165, 1.54) is 7.11 Å². The zero-order chi connectivity index (χ0) is 11.1. The molecule has 1 aliphatic carbocycles. The molecule has 0 amide bonds. The van der Waals surface area contributed by atoms with Gasteiger partial charge in [-0.1, -0.05) is 18.2 Å². The maximum atomic E-state index is 11.2. The van der Waals surface area contributed by atoms with Crippen LogP contribution < -0.4 is 0 Å². The molecule has 0 aromatic carbocycles. The highest BCUT2D eigenvalue weighted by Gasteiger charge is 2.12. The molecule has 0 atom stereocenters. The minimum Gasteiger partial charge on any atom is -0.469 e. The highest BCUT2D eigenvalue weighted by atomic mass is 16.5. The van der Waals surface area contributed by atoms with E-state index in [9.17, 15) is 9.59 Å². The second-order valence-electron chi connectivity index (χ2n) is 3.48. The summed E-state index contributed by atoms with van der Waals surface area (Å²) >= 11 is 0. The first kappa shape index (κ1) is 11.7. The smallest absolute Gasteiger partial charge is 0.305 e. The normalized spacial score (nSPS) is 15.8. The predicted octanol–water partition coefficient (Wildman–Crippen LogP) is 2.18. The van der Waals surface area contributed by atoms with Gasteiger partial charge in [0.25, 0.3) is 0 Å². The summed E-state index contributed by atoms with van der Waals surface area (Å²) < 4.78 is 4.51. The third-order valence-electron chi connectivity index (χ3n) is 2.37. The van der Waals surface area contributed by atoms with Crippen LogP contribution in [-0.2, 0) is 14.3 Å². The van der Waals surface area contributed by atoms with Gasteiger partial charge in [-0.15, -0.1) is 0 Å². The number of hydrogen-bond acceptors (Lipinski definition) is 3. The monoisotopic (exact) mass is 208 g/mol. The van der Waals surface area contributed by atoms with Crippen LogP contribution >= 0.6 is 0 Å². The Hall–Kier alpha value is -1.38. The van der Waals surface area contributed by atoms with Crippen LogP contribution in [0.1, 0.15) is 32.1 Å². The molecule has 0 N–H and O–H groups in total. The van der Waals surface area contributed by atoms with E-state index < -0.39 is 0 Å². The Morgan fingerprint density at radius 2 is 2.33 bits per heavy atom. The molecular formula is C12H16O3. The summed E-state index contributed by atoms with van der Waals surface area (Å²) in [5.41, 5.74) is 0.907. The molecule has 3 nitrogen and oxygen atoms in total. The van der Waals surface area contributed by atoms with Crippen LogP contribution in [0.5, 0.6) is 0 Å². The Morgan fingerprint density at radius 3 is 2.93 bits per heavy atom. The van der Waals surface area contributed by atoms with Gasteiger partial charge in [-0.3, -0.25) is 9.59 Å². The molecule has 0 fully saturated rings. The summed E-state index contributed by atoms with van der Waals surface area (Å²) in [6.07, 6.45) is 9.16. The molecule has 0 spiro atoms. The van der Waals surface area contributed by atoms with E-state index >= 15 is 0 Å². The van der Waals surface area contributed by atoms with Gasteiger partial charge in [0.1, 0.15) is 0 Å². The number of Topliss-reactive ketones (excluding diaryl/α,β-unsaturated/α-hetero) is 1. The summed E-state index contributed by atoms with van der Waals surface area (Å²) in [4.78, 5) is 22.0. The van der Waals surface area contributed by atoms with Crippen LogP contribution in [0.4, 0.5) is 0 Å². The Balaban J connectivity index is 2.17. The molecular weight excluding hydrogens is 192 g/mol. The van der Waals surface area contributed by atoms with Gasteiger partial charge < -0.3 is 4.74 Å². The van der Waals surface area contributed by atoms with Crippen LogP contribution in [0.15, 0.2) is 23.8 Å². The third kappa shape index (κ3) is 4.11. The molecule has 0 aromatic rings. The summed E-state index contributed by atoms with van der Waals surface area (Å²) in [6, 6.07) is 0. The molecule has 82 valence electrons. The summed E-state index contributed by atoms with van der Waals surface area (Å²) in [6.45, 7) is 0. The summed E-state index contributed by atoms with van der Waals surface area (Å²) in [5, 5.41) is 0. The molecule has 3 heteroatoms. The number of ether oxygens (including phenoxy) is 1. The van der Waals surface area contributed by atoms with Gasteiger partial charge in [0.2, 0.25) is 0 Å². The van der Waals surface area contributed by atoms with Gasteiger partial charge in [0.05, 0.1) is 7.11 Å². The lowest BCUT2D eigenvalue weighted by Crippen LogP contribution is -1.98. The van der Waals surface area contributed by atoms with E-state index in [1.54, 1.807) is 0 Å². The lowest BCUT2D eigenvalue weighted by atomic mass is 10.1. The second kappa shape index (κ2) is 6.17. The summed E-state index contributed by atoms with van der Waals surface area (Å²) in [7, 11) is 1.38. The summed E-state index contributed by atoms with van der Waals surface area (Å²) in [5.74, 6) is 0.0587. The molecule has 0 bridgehead atoms. The van der Waals surface area contributed by atoms with Crippen molar-refractivity contribution < 1.29 is 14.3 Å². The third-order valence-corrected chi connectivity index (χ3v) is 2.37. The molecule has 0 aliphatic heterocycles. The van der Waals surface area contributed by atoms with E-state index in [-0.39, 0.29) is 11.8 Å². The molecule has 1 rings (SSSR count). The molecule has 0 aromatic heterocycles. The number of carbonyl (C=O) groups excluding carboxylic acids is 2. The van der Waals surface area contributed by atoms with Crippen LogP contribution in [0.3, 0.4) is 0 Å². The molecule has 15 heavy (non-hydrogen) atoms. The van der Waals surface area contributed by atoms with Crippen molar-refractivity contribution in [3.63, 3.8) is 0 Å². The number of rotatable bonds is 5. The van der Waals surface area contributed by atoms with Gasteiger partial charge in [0, 0.05) is 12.8 Å². The van der Waals surface area contributed by atoms with Gasteiger partial charge in [0.15, 0.2) is 5.78 Å². The van der Waals surface area contributed by atoms with Crippen molar-refractivity contribution >= 4 is 11.8 Å². The fraction of sp³-hybridized carbons (Fsp3) is 0.500. The lowest BCUT2D eigenvalue weighted by Gasteiger charge is -1.95. The van der Waals surface area contributed by atoms with Crippen molar-refractivity contribution in [1.29, 1.82) is 0 Å². The maximum Gasteiger partial charge on any atom is 0.305 e. The fourth-order valence-electron chi connectivity index (χ4n) is 1.48.